The minimum Gasteiger partial charge on any atom is -0.394 e. The summed E-state index contributed by atoms with van der Waals surface area (Å²) >= 11 is 0. The maximum Gasteiger partial charge on any atom is 0.330 e. The number of nitrogens with zero attached hydrogens (tertiary/aromatic N) is 2. The van der Waals surface area contributed by atoms with Gasteiger partial charge in [-0.2, -0.15) is 5.26 Å². The highest BCUT2D eigenvalue weighted by atomic mass is 19.1. The number of hydrogen-bond donors (Lipinski definition) is 3. The van der Waals surface area contributed by atoms with Gasteiger partial charge in [-0.3, -0.25) is 14.3 Å². The summed E-state index contributed by atoms with van der Waals surface area (Å²) in [6.45, 7) is -0.669. The zero-order valence-electron chi connectivity index (χ0n) is 9.49. The maximum atomic E-state index is 13.5. The number of ether oxygens (including phenoxy) is 1. The quantitative estimate of drug-likeness (QED) is 0.570. The molecule has 3 N–H and O–H groups in total. The van der Waals surface area contributed by atoms with Crippen molar-refractivity contribution in [1.82, 2.24) is 9.55 Å². The van der Waals surface area contributed by atoms with E-state index in [1.165, 1.54) is 0 Å². The van der Waals surface area contributed by atoms with Gasteiger partial charge in [-0.05, 0) is 0 Å². The van der Waals surface area contributed by atoms with Gasteiger partial charge in [0.05, 0.1) is 6.61 Å². The molecular weight excluding hydrogens is 261 g/mol. The summed E-state index contributed by atoms with van der Waals surface area (Å²) in [5.41, 5.74) is -2.20. The highest BCUT2D eigenvalue weighted by Crippen LogP contribution is 2.30. The van der Waals surface area contributed by atoms with E-state index in [1.807, 2.05) is 4.98 Å². The molecule has 1 aliphatic rings. The first kappa shape index (κ1) is 13.4. The van der Waals surface area contributed by atoms with E-state index in [9.17, 15) is 19.1 Å². The molecule has 1 aromatic heterocycles. The fourth-order valence-corrected chi connectivity index (χ4v) is 1.84. The molecule has 8 nitrogen and oxygen atoms in total. The maximum absolute atomic E-state index is 13.5. The molecule has 0 saturated carbocycles. The second-order valence-electron chi connectivity index (χ2n) is 4.00. The summed E-state index contributed by atoms with van der Waals surface area (Å²) in [6, 6.07) is 1.55. The van der Waals surface area contributed by atoms with Crippen molar-refractivity contribution >= 4 is 0 Å². The Hall–Kier alpha value is -2.02. The molecule has 0 radical (unpaired) electrons. The van der Waals surface area contributed by atoms with Crippen molar-refractivity contribution in [3.63, 3.8) is 0 Å². The van der Waals surface area contributed by atoms with Crippen molar-refractivity contribution in [2.24, 2.45) is 0 Å². The molecule has 0 bridgehead atoms. The van der Waals surface area contributed by atoms with E-state index >= 15 is 0 Å². The zero-order chi connectivity index (χ0) is 14.2. The summed E-state index contributed by atoms with van der Waals surface area (Å²) in [4.78, 5) is 24.6. The number of nitriles is 1. The van der Waals surface area contributed by atoms with Gasteiger partial charge >= 0.3 is 5.69 Å². The number of aliphatic hydroxyl groups is 2. The van der Waals surface area contributed by atoms with Gasteiger partial charge in [0, 0.05) is 6.20 Å². The molecule has 2 rings (SSSR count). The molecule has 1 aliphatic heterocycles. The molecule has 4 atom stereocenters. The molecule has 0 aliphatic carbocycles. The van der Waals surface area contributed by atoms with Gasteiger partial charge in [0.25, 0.3) is 5.56 Å². The number of hydrogen-bond acceptors (Lipinski definition) is 6. The van der Waals surface area contributed by atoms with Crippen molar-refractivity contribution in [3.8, 4) is 6.07 Å². The number of aromatic nitrogens is 2. The molecule has 1 fully saturated rings. The van der Waals surface area contributed by atoms with Crippen LogP contribution in [-0.2, 0) is 4.74 Å². The van der Waals surface area contributed by atoms with Crippen LogP contribution in [-0.4, -0.2) is 44.8 Å². The molecule has 1 unspecified atom stereocenters. The van der Waals surface area contributed by atoms with E-state index in [2.05, 4.69) is 0 Å². The van der Waals surface area contributed by atoms with Crippen LogP contribution in [0.4, 0.5) is 4.39 Å². The Morgan fingerprint density at radius 1 is 1.58 bits per heavy atom. The van der Waals surface area contributed by atoms with Gasteiger partial charge in [-0.15, -0.1) is 0 Å². The van der Waals surface area contributed by atoms with Crippen molar-refractivity contribution in [2.75, 3.05) is 6.61 Å². The van der Waals surface area contributed by atoms with Gasteiger partial charge in [-0.1, -0.05) is 0 Å². The van der Waals surface area contributed by atoms with E-state index in [0.29, 0.717) is 4.57 Å². The van der Waals surface area contributed by atoms with Gasteiger partial charge in [0.1, 0.15) is 23.8 Å². The number of halogens is 1. The number of aromatic amines is 1. The Balaban J connectivity index is 2.46. The number of alkyl halides is 1. The molecule has 102 valence electrons. The molecule has 1 saturated heterocycles. The van der Waals surface area contributed by atoms with Crippen LogP contribution >= 0.6 is 0 Å². The Kier molecular flexibility index (Phi) is 3.48. The summed E-state index contributed by atoms with van der Waals surface area (Å²) in [6.07, 6.45) is -5.37. The summed E-state index contributed by atoms with van der Waals surface area (Å²) in [5.74, 6) is 0. The molecule has 9 heteroatoms. The average molecular weight is 271 g/mol. The third-order valence-corrected chi connectivity index (χ3v) is 2.83. The molecule has 1 aromatic rings. The SMILES string of the molecule is N#Cc1cn([C@@H]2O[C@H](CO)C(F)[C@H]2O)c(=O)[nH]c1=O. The van der Waals surface area contributed by atoms with Crippen molar-refractivity contribution in [3.05, 3.63) is 32.6 Å². The summed E-state index contributed by atoms with van der Waals surface area (Å²) in [5, 5.41) is 27.2. The van der Waals surface area contributed by atoms with Crippen LogP contribution < -0.4 is 11.2 Å². The molecular formula is C10H10FN3O5. The van der Waals surface area contributed by atoms with Gasteiger partial charge < -0.3 is 14.9 Å². The van der Waals surface area contributed by atoms with E-state index in [0.717, 1.165) is 6.20 Å². The van der Waals surface area contributed by atoms with Gasteiger partial charge in [0.15, 0.2) is 12.4 Å². The van der Waals surface area contributed by atoms with E-state index in [1.54, 1.807) is 6.07 Å². The predicted molar refractivity (Wildman–Crippen MR) is 57.9 cm³/mol. The minimum absolute atomic E-state index is 0.377. The lowest BCUT2D eigenvalue weighted by Crippen LogP contribution is -2.37. The third-order valence-electron chi connectivity index (χ3n) is 2.83. The number of H-pyrrole nitrogens is 1. The van der Waals surface area contributed by atoms with Crippen LogP contribution in [0.15, 0.2) is 15.8 Å². The third kappa shape index (κ3) is 2.17. The molecule has 19 heavy (non-hydrogen) atoms. The van der Waals surface area contributed by atoms with Crippen LogP contribution in [0, 0.1) is 11.3 Å². The average Bonchev–Trinajstić information content (AvgIpc) is 2.67. The topological polar surface area (TPSA) is 128 Å². The second kappa shape index (κ2) is 4.93. The number of nitrogens with one attached hydrogen (secondary N) is 1. The van der Waals surface area contributed by atoms with Crippen LogP contribution in [0.1, 0.15) is 11.8 Å². The first-order chi connectivity index (χ1) is 8.99. The Morgan fingerprint density at radius 2 is 2.26 bits per heavy atom. The Labute approximate surface area is 105 Å². The Morgan fingerprint density at radius 3 is 2.79 bits per heavy atom. The monoisotopic (exact) mass is 271 g/mol. The normalized spacial score (nSPS) is 30.2. The fraction of sp³-hybridized carbons (Fsp3) is 0.500. The number of aliphatic hydroxyl groups excluding tert-OH is 2. The smallest absolute Gasteiger partial charge is 0.330 e. The predicted octanol–water partition coefficient (Wildman–Crippen LogP) is -2.00. The highest BCUT2D eigenvalue weighted by molar-refractivity contribution is 5.22. The first-order valence-electron chi connectivity index (χ1n) is 5.33. The molecule has 0 spiro atoms. The van der Waals surface area contributed by atoms with Crippen LogP contribution in [0.3, 0.4) is 0 Å². The van der Waals surface area contributed by atoms with Crippen molar-refractivity contribution in [1.29, 1.82) is 5.26 Å². The van der Waals surface area contributed by atoms with Crippen LogP contribution in [0.2, 0.25) is 0 Å². The largest absolute Gasteiger partial charge is 0.394 e. The lowest BCUT2D eigenvalue weighted by molar-refractivity contribution is -0.0538. The molecule has 0 amide bonds. The van der Waals surface area contributed by atoms with Crippen LogP contribution in [0.5, 0.6) is 0 Å². The highest BCUT2D eigenvalue weighted by Gasteiger charge is 2.45. The summed E-state index contributed by atoms with van der Waals surface area (Å²) in [7, 11) is 0. The van der Waals surface area contributed by atoms with Crippen molar-refractivity contribution < 1.29 is 19.3 Å². The van der Waals surface area contributed by atoms with Gasteiger partial charge in [-0.25, -0.2) is 9.18 Å². The minimum atomic E-state index is -1.88. The first-order valence-corrected chi connectivity index (χ1v) is 5.33. The summed E-state index contributed by atoms with van der Waals surface area (Å²) < 4.78 is 19.2. The Bertz CT molecular complexity index is 633. The van der Waals surface area contributed by atoms with Crippen molar-refractivity contribution in [2.45, 2.75) is 24.6 Å². The van der Waals surface area contributed by atoms with Gasteiger partial charge in [0.2, 0.25) is 0 Å². The lowest BCUT2D eigenvalue weighted by Gasteiger charge is -2.16. The molecule has 2 heterocycles. The standard InChI is InChI=1S/C10H10FN3O5/c11-6-5(3-15)19-9(7(6)16)14-2-4(1-12)8(17)13-10(14)18/h2,5-7,9,15-16H,3H2,(H,13,17,18)/t5-,6?,7-,9-/m1/s1. The second-order valence-corrected chi connectivity index (χ2v) is 4.00. The van der Waals surface area contributed by atoms with E-state index in [4.69, 9.17) is 15.1 Å². The van der Waals surface area contributed by atoms with Crippen LogP contribution in [0.25, 0.3) is 0 Å². The van der Waals surface area contributed by atoms with E-state index < -0.39 is 42.5 Å². The fourth-order valence-electron chi connectivity index (χ4n) is 1.84. The lowest BCUT2D eigenvalue weighted by atomic mass is 10.1. The number of rotatable bonds is 2. The zero-order valence-corrected chi connectivity index (χ0v) is 9.49. The van der Waals surface area contributed by atoms with E-state index in [-0.39, 0.29) is 5.56 Å². The molecule has 0 aromatic carbocycles.